The summed E-state index contributed by atoms with van der Waals surface area (Å²) in [5, 5.41) is 5.51. The van der Waals surface area contributed by atoms with Crippen molar-refractivity contribution in [3.05, 3.63) is 34.8 Å². The zero-order chi connectivity index (χ0) is 14.4. The quantitative estimate of drug-likeness (QED) is 0.758. The molecule has 0 radical (unpaired) electrons. The summed E-state index contributed by atoms with van der Waals surface area (Å²) in [5.41, 5.74) is 0.109. The standard InChI is InChI=1S/C15H23N3OS/c1-15(2,13-6-4-11-20-13)12-18-9-8-17-14(18)16-7-5-10-19-3/h4,6,8-9,11H,5,7,10,12H2,1-3H3,(H,16,17). The van der Waals surface area contributed by atoms with E-state index < -0.39 is 0 Å². The van der Waals surface area contributed by atoms with Crippen molar-refractivity contribution in [2.24, 2.45) is 0 Å². The van der Waals surface area contributed by atoms with Gasteiger partial charge < -0.3 is 14.6 Å². The van der Waals surface area contributed by atoms with Crippen molar-refractivity contribution in [3.63, 3.8) is 0 Å². The summed E-state index contributed by atoms with van der Waals surface area (Å²) < 4.78 is 7.24. The van der Waals surface area contributed by atoms with E-state index in [1.165, 1.54) is 4.88 Å². The van der Waals surface area contributed by atoms with Crippen LogP contribution < -0.4 is 5.32 Å². The fourth-order valence-electron chi connectivity index (χ4n) is 2.19. The molecule has 0 atom stereocenters. The predicted octanol–water partition coefficient (Wildman–Crippen LogP) is 3.37. The number of hydrogen-bond acceptors (Lipinski definition) is 4. The molecule has 4 nitrogen and oxygen atoms in total. The Morgan fingerprint density at radius 3 is 3.00 bits per heavy atom. The second-order valence-corrected chi connectivity index (χ2v) is 6.46. The summed E-state index contributed by atoms with van der Waals surface area (Å²) in [5.74, 6) is 0.936. The first-order chi connectivity index (χ1) is 9.63. The fourth-order valence-corrected chi connectivity index (χ4v) is 3.03. The second kappa shape index (κ2) is 6.90. The van der Waals surface area contributed by atoms with Crippen LogP contribution >= 0.6 is 11.3 Å². The molecule has 2 aromatic rings. The van der Waals surface area contributed by atoms with Crippen LogP contribution in [0.2, 0.25) is 0 Å². The average Bonchev–Trinajstić information content (AvgIpc) is 3.06. The number of rotatable bonds is 8. The average molecular weight is 293 g/mol. The molecule has 0 aromatic carbocycles. The molecule has 2 heterocycles. The maximum Gasteiger partial charge on any atom is 0.202 e. The molecule has 0 aliphatic heterocycles. The van der Waals surface area contributed by atoms with E-state index in [1.807, 2.05) is 23.7 Å². The molecular weight excluding hydrogens is 270 g/mol. The molecule has 0 saturated heterocycles. The first kappa shape index (κ1) is 15.1. The number of imidazole rings is 1. The van der Waals surface area contributed by atoms with Gasteiger partial charge in [-0.25, -0.2) is 4.98 Å². The van der Waals surface area contributed by atoms with Crippen molar-refractivity contribution >= 4 is 17.3 Å². The van der Waals surface area contributed by atoms with Crippen molar-refractivity contribution in [3.8, 4) is 0 Å². The van der Waals surface area contributed by atoms with E-state index in [4.69, 9.17) is 4.74 Å². The molecule has 0 bridgehead atoms. The lowest BCUT2D eigenvalue weighted by molar-refractivity contribution is 0.197. The molecule has 0 aliphatic carbocycles. The number of anilines is 1. The van der Waals surface area contributed by atoms with Gasteiger partial charge in [0.15, 0.2) is 0 Å². The summed E-state index contributed by atoms with van der Waals surface area (Å²) in [6.45, 7) is 7.11. The van der Waals surface area contributed by atoms with Crippen LogP contribution in [0.4, 0.5) is 5.95 Å². The highest BCUT2D eigenvalue weighted by molar-refractivity contribution is 7.10. The minimum atomic E-state index is 0.109. The van der Waals surface area contributed by atoms with Crippen LogP contribution in [0.5, 0.6) is 0 Å². The van der Waals surface area contributed by atoms with Crippen LogP contribution in [0.25, 0.3) is 0 Å². The van der Waals surface area contributed by atoms with Gasteiger partial charge in [0.2, 0.25) is 5.95 Å². The van der Waals surface area contributed by atoms with Crippen molar-refractivity contribution in [1.82, 2.24) is 9.55 Å². The molecule has 0 aliphatic rings. The smallest absolute Gasteiger partial charge is 0.202 e. The number of hydrogen-bond donors (Lipinski definition) is 1. The number of nitrogens with one attached hydrogen (secondary N) is 1. The largest absolute Gasteiger partial charge is 0.385 e. The van der Waals surface area contributed by atoms with E-state index >= 15 is 0 Å². The van der Waals surface area contributed by atoms with Crippen molar-refractivity contribution in [1.29, 1.82) is 0 Å². The van der Waals surface area contributed by atoms with E-state index in [-0.39, 0.29) is 5.41 Å². The molecule has 110 valence electrons. The maximum atomic E-state index is 5.06. The number of methoxy groups -OCH3 is 1. The minimum Gasteiger partial charge on any atom is -0.385 e. The van der Waals surface area contributed by atoms with Crippen LogP contribution in [0, 0.1) is 0 Å². The fraction of sp³-hybridized carbons (Fsp3) is 0.533. The van der Waals surface area contributed by atoms with Gasteiger partial charge in [0.25, 0.3) is 0 Å². The van der Waals surface area contributed by atoms with Gasteiger partial charge in [0, 0.05) is 49.5 Å². The zero-order valence-corrected chi connectivity index (χ0v) is 13.2. The van der Waals surface area contributed by atoms with Gasteiger partial charge in [-0.2, -0.15) is 0 Å². The van der Waals surface area contributed by atoms with E-state index in [1.54, 1.807) is 7.11 Å². The van der Waals surface area contributed by atoms with Crippen LogP contribution in [0.1, 0.15) is 25.1 Å². The Morgan fingerprint density at radius 2 is 2.30 bits per heavy atom. The zero-order valence-electron chi connectivity index (χ0n) is 12.4. The summed E-state index contributed by atoms with van der Waals surface area (Å²) in [6.07, 6.45) is 4.87. The van der Waals surface area contributed by atoms with Gasteiger partial charge >= 0.3 is 0 Å². The lowest BCUT2D eigenvalue weighted by Crippen LogP contribution is -2.24. The van der Waals surface area contributed by atoms with Crippen molar-refractivity contribution < 1.29 is 4.74 Å². The topological polar surface area (TPSA) is 39.1 Å². The molecule has 0 amide bonds. The maximum absolute atomic E-state index is 5.06. The molecule has 1 N–H and O–H groups in total. The highest BCUT2D eigenvalue weighted by Gasteiger charge is 2.23. The van der Waals surface area contributed by atoms with Crippen molar-refractivity contribution in [2.45, 2.75) is 32.2 Å². The third-order valence-electron chi connectivity index (χ3n) is 3.28. The Balaban J connectivity index is 1.98. The Kier molecular flexibility index (Phi) is 5.20. The van der Waals surface area contributed by atoms with Gasteiger partial charge in [-0.15, -0.1) is 11.3 Å². The summed E-state index contributed by atoms with van der Waals surface area (Å²) in [6, 6.07) is 4.31. The van der Waals surface area contributed by atoms with Gasteiger partial charge in [0.1, 0.15) is 0 Å². The summed E-state index contributed by atoms with van der Waals surface area (Å²) in [7, 11) is 1.73. The first-order valence-corrected chi connectivity index (χ1v) is 7.79. The Labute approximate surface area is 124 Å². The van der Waals surface area contributed by atoms with Crippen molar-refractivity contribution in [2.75, 3.05) is 25.6 Å². The minimum absolute atomic E-state index is 0.109. The number of nitrogens with zero attached hydrogens (tertiary/aromatic N) is 2. The molecule has 5 heteroatoms. The predicted molar refractivity (Wildman–Crippen MR) is 84.6 cm³/mol. The SMILES string of the molecule is COCCCNc1nccn1CC(C)(C)c1cccs1. The highest BCUT2D eigenvalue weighted by Crippen LogP contribution is 2.29. The Morgan fingerprint density at radius 1 is 1.45 bits per heavy atom. The molecular formula is C15H23N3OS. The number of ether oxygens (including phenoxy) is 1. The van der Waals surface area contributed by atoms with E-state index in [0.29, 0.717) is 0 Å². The third kappa shape index (κ3) is 3.84. The van der Waals surface area contributed by atoms with E-state index in [0.717, 1.165) is 32.1 Å². The Hall–Kier alpha value is -1.33. The van der Waals surface area contributed by atoms with E-state index in [2.05, 4.69) is 46.2 Å². The third-order valence-corrected chi connectivity index (χ3v) is 4.51. The lowest BCUT2D eigenvalue weighted by Gasteiger charge is -2.25. The number of thiophene rings is 1. The van der Waals surface area contributed by atoms with Crippen LogP contribution in [-0.4, -0.2) is 29.8 Å². The van der Waals surface area contributed by atoms with Gasteiger partial charge in [0.05, 0.1) is 0 Å². The van der Waals surface area contributed by atoms with Gasteiger partial charge in [-0.3, -0.25) is 0 Å². The van der Waals surface area contributed by atoms with Crippen LogP contribution in [0.3, 0.4) is 0 Å². The molecule has 20 heavy (non-hydrogen) atoms. The van der Waals surface area contributed by atoms with Crippen LogP contribution in [-0.2, 0) is 16.7 Å². The van der Waals surface area contributed by atoms with Crippen LogP contribution in [0.15, 0.2) is 29.9 Å². The van der Waals surface area contributed by atoms with E-state index in [9.17, 15) is 0 Å². The molecule has 2 aromatic heterocycles. The van der Waals surface area contributed by atoms with Gasteiger partial charge in [-0.1, -0.05) is 19.9 Å². The van der Waals surface area contributed by atoms with Gasteiger partial charge in [-0.05, 0) is 17.9 Å². The monoisotopic (exact) mass is 293 g/mol. The second-order valence-electron chi connectivity index (χ2n) is 5.51. The molecule has 0 spiro atoms. The molecule has 2 rings (SSSR count). The summed E-state index contributed by atoms with van der Waals surface area (Å²) in [4.78, 5) is 5.79. The lowest BCUT2D eigenvalue weighted by atomic mass is 9.91. The molecule has 0 unspecified atom stereocenters. The molecule has 0 saturated carbocycles. The normalized spacial score (nSPS) is 11.8. The number of aromatic nitrogens is 2. The first-order valence-electron chi connectivity index (χ1n) is 6.91. The Bertz CT molecular complexity index is 505. The highest BCUT2D eigenvalue weighted by atomic mass is 32.1. The molecule has 0 fully saturated rings. The summed E-state index contributed by atoms with van der Waals surface area (Å²) >= 11 is 1.81.